The molecule has 3 nitrogen and oxygen atoms in total. The third-order valence-corrected chi connectivity index (χ3v) is 5.96. The Balaban J connectivity index is 1.54. The van der Waals surface area contributed by atoms with Gasteiger partial charge >= 0.3 is 0 Å². The van der Waals surface area contributed by atoms with Crippen molar-refractivity contribution in [3.63, 3.8) is 0 Å². The molecule has 2 saturated heterocycles. The minimum atomic E-state index is 0.918. The van der Waals surface area contributed by atoms with Crippen LogP contribution in [0.25, 0.3) is 10.1 Å². The molecule has 4 heteroatoms. The number of fused-ring (bicyclic) bond motifs is 1. The maximum absolute atomic E-state index is 4.71. The van der Waals surface area contributed by atoms with Gasteiger partial charge in [0.15, 0.2) is 5.82 Å². The highest BCUT2D eigenvalue weighted by Gasteiger charge is 2.39. The van der Waals surface area contributed by atoms with Crippen LogP contribution in [0.3, 0.4) is 0 Å². The summed E-state index contributed by atoms with van der Waals surface area (Å²) in [5.41, 5.74) is 0. The average molecular weight is 288 g/mol. The summed E-state index contributed by atoms with van der Waals surface area (Å²) in [6, 6.07) is 8.62. The molecule has 1 aromatic heterocycles. The summed E-state index contributed by atoms with van der Waals surface area (Å²) >= 11 is 1.63. The molecule has 2 aromatic rings. The number of benzene rings is 1. The maximum atomic E-state index is 4.71. The van der Waals surface area contributed by atoms with Crippen LogP contribution in [0, 0.1) is 5.92 Å². The van der Waals surface area contributed by atoms with Crippen molar-refractivity contribution in [3.8, 4) is 0 Å². The summed E-state index contributed by atoms with van der Waals surface area (Å²) in [6.45, 7) is 10.1. The van der Waals surface area contributed by atoms with Crippen LogP contribution in [0.5, 0.6) is 0 Å². The maximum Gasteiger partial charge on any atom is 0.150 e. The van der Waals surface area contributed by atoms with E-state index < -0.39 is 0 Å². The Kier molecular flexibility index (Phi) is 2.97. The first-order chi connectivity index (χ1) is 9.76. The van der Waals surface area contributed by atoms with E-state index in [-0.39, 0.29) is 0 Å². The zero-order valence-electron chi connectivity index (χ0n) is 12.1. The minimum Gasteiger partial charge on any atom is -0.344 e. The Morgan fingerprint density at radius 1 is 1.20 bits per heavy atom. The molecular weight excluding hydrogens is 266 g/mol. The summed E-state index contributed by atoms with van der Waals surface area (Å²) < 4.78 is 7.38. The van der Waals surface area contributed by atoms with Crippen LogP contribution in [0.2, 0.25) is 0 Å². The fourth-order valence-electron chi connectivity index (χ4n) is 3.95. The standard InChI is InChI=1S/C16H22N3S/c1-13-6-9-19(12-13)10-7-18(8-11-19)16-14-4-2-3-5-15(14)20-17-16/h2-5,13H,6-12H2,1H3/q+1. The van der Waals surface area contributed by atoms with Gasteiger partial charge in [-0.05, 0) is 23.7 Å². The van der Waals surface area contributed by atoms with E-state index in [1.807, 2.05) is 0 Å². The number of rotatable bonds is 1. The Hall–Kier alpha value is -1.13. The van der Waals surface area contributed by atoms with Gasteiger partial charge in [-0.3, -0.25) is 0 Å². The first-order valence-corrected chi connectivity index (χ1v) is 8.48. The summed E-state index contributed by atoms with van der Waals surface area (Å²) in [6.07, 6.45) is 1.42. The van der Waals surface area contributed by atoms with E-state index in [0.717, 1.165) is 5.92 Å². The van der Waals surface area contributed by atoms with Crippen LogP contribution in [0.4, 0.5) is 5.82 Å². The minimum absolute atomic E-state index is 0.918. The van der Waals surface area contributed by atoms with Crippen LogP contribution in [-0.4, -0.2) is 48.1 Å². The Bertz CT molecular complexity index is 613. The molecule has 1 unspecified atom stereocenters. The second-order valence-electron chi connectivity index (χ2n) is 6.58. The van der Waals surface area contributed by atoms with Crippen molar-refractivity contribution in [1.82, 2.24) is 4.37 Å². The summed E-state index contributed by atoms with van der Waals surface area (Å²) in [7, 11) is 0. The fourth-order valence-corrected chi connectivity index (χ4v) is 4.74. The highest BCUT2D eigenvalue weighted by Crippen LogP contribution is 2.32. The number of anilines is 1. The van der Waals surface area contributed by atoms with Crippen molar-refractivity contribution in [2.24, 2.45) is 5.92 Å². The summed E-state index contributed by atoms with van der Waals surface area (Å²) in [5.74, 6) is 2.14. The van der Waals surface area contributed by atoms with Gasteiger partial charge in [0.05, 0.1) is 44.0 Å². The van der Waals surface area contributed by atoms with Gasteiger partial charge in [0.1, 0.15) is 0 Å². The van der Waals surface area contributed by atoms with E-state index >= 15 is 0 Å². The lowest BCUT2D eigenvalue weighted by Gasteiger charge is -2.42. The molecule has 0 aliphatic carbocycles. The molecule has 4 rings (SSSR count). The molecule has 3 heterocycles. The molecule has 2 fully saturated rings. The first-order valence-electron chi connectivity index (χ1n) is 7.70. The number of piperazine rings is 1. The van der Waals surface area contributed by atoms with E-state index in [4.69, 9.17) is 4.37 Å². The lowest BCUT2D eigenvalue weighted by atomic mass is 10.1. The Morgan fingerprint density at radius 2 is 2.00 bits per heavy atom. The highest BCUT2D eigenvalue weighted by atomic mass is 32.1. The monoisotopic (exact) mass is 288 g/mol. The number of nitrogens with zero attached hydrogens (tertiary/aromatic N) is 3. The lowest BCUT2D eigenvalue weighted by molar-refractivity contribution is -0.918. The van der Waals surface area contributed by atoms with Gasteiger partial charge in [-0.25, -0.2) is 0 Å². The normalized spacial score (nSPS) is 25.6. The second kappa shape index (κ2) is 4.71. The van der Waals surface area contributed by atoms with E-state index in [1.165, 1.54) is 66.1 Å². The largest absolute Gasteiger partial charge is 0.344 e. The third kappa shape index (κ3) is 2.02. The molecule has 106 valence electrons. The summed E-state index contributed by atoms with van der Waals surface area (Å²) in [4.78, 5) is 2.51. The number of hydrogen-bond donors (Lipinski definition) is 0. The van der Waals surface area contributed by atoms with Gasteiger partial charge in [-0.1, -0.05) is 19.1 Å². The fraction of sp³-hybridized carbons (Fsp3) is 0.562. The second-order valence-corrected chi connectivity index (χ2v) is 7.38. The molecule has 0 amide bonds. The van der Waals surface area contributed by atoms with E-state index in [1.54, 1.807) is 11.5 Å². The molecule has 2 aliphatic rings. The van der Waals surface area contributed by atoms with Gasteiger partial charge in [-0.2, -0.15) is 4.37 Å². The summed E-state index contributed by atoms with van der Waals surface area (Å²) in [5, 5.41) is 1.33. The van der Waals surface area contributed by atoms with Crippen molar-refractivity contribution in [2.45, 2.75) is 13.3 Å². The number of quaternary nitrogens is 1. The highest BCUT2D eigenvalue weighted by molar-refractivity contribution is 7.13. The van der Waals surface area contributed by atoms with E-state index in [0.29, 0.717) is 0 Å². The Labute approximate surface area is 124 Å². The molecule has 1 spiro atoms. The molecule has 20 heavy (non-hydrogen) atoms. The number of hydrogen-bond acceptors (Lipinski definition) is 3. The average Bonchev–Trinajstić information content (AvgIpc) is 3.05. The van der Waals surface area contributed by atoms with Gasteiger partial charge in [0, 0.05) is 17.7 Å². The molecule has 0 bridgehead atoms. The van der Waals surface area contributed by atoms with Crippen LogP contribution in [0.15, 0.2) is 24.3 Å². The van der Waals surface area contributed by atoms with Crippen molar-refractivity contribution in [3.05, 3.63) is 24.3 Å². The lowest BCUT2D eigenvalue weighted by Crippen LogP contribution is -2.58. The number of aromatic nitrogens is 1. The van der Waals surface area contributed by atoms with Crippen LogP contribution in [-0.2, 0) is 0 Å². The molecule has 0 saturated carbocycles. The molecule has 0 radical (unpaired) electrons. The zero-order valence-corrected chi connectivity index (χ0v) is 12.9. The quantitative estimate of drug-likeness (QED) is 0.750. The smallest absolute Gasteiger partial charge is 0.150 e. The predicted octanol–water partition coefficient (Wildman–Crippen LogP) is 2.97. The van der Waals surface area contributed by atoms with Crippen molar-refractivity contribution in [2.75, 3.05) is 44.2 Å². The molecule has 1 aromatic carbocycles. The van der Waals surface area contributed by atoms with Crippen LogP contribution >= 0.6 is 11.5 Å². The first kappa shape index (κ1) is 12.6. The molecule has 2 aliphatic heterocycles. The van der Waals surface area contributed by atoms with E-state index in [2.05, 4.69) is 36.1 Å². The Morgan fingerprint density at radius 3 is 2.75 bits per heavy atom. The van der Waals surface area contributed by atoms with Gasteiger partial charge in [0.25, 0.3) is 0 Å². The van der Waals surface area contributed by atoms with Crippen molar-refractivity contribution < 1.29 is 4.48 Å². The van der Waals surface area contributed by atoms with Gasteiger partial charge in [-0.15, -0.1) is 0 Å². The van der Waals surface area contributed by atoms with Crippen LogP contribution < -0.4 is 4.90 Å². The molecule has 0 N–H and O–H groups in total. The zero-order chi connectivity index (χ0) is 13.6. The predicted molar refractivity (Wildman–Crippen MR) is 85.3 cm³/mol. The van der Waals surface area contributed by atoms with Gasteiger partial charge < -0.3 is 9.38 Å². The topological polar surface area (TPSA) is 16.1 Å². The molecule has 1 atom stereocenters. The third-order valence-electron chi connectivity index (χ3n) is 5.14. The van der Waals surface area contributed by atoms with Crippen molar-refractivity contribution in [1.29, 1.82) is 0 Å². The van der Waals surface area contributed by atoms with Crippen molar-refractivity contribution >= 4 is 27.4 Å². The molecular formula is C16H22N3S+. The van der Waals surface area contributed by atoms with Gasteiger partial charge in [0.2, 0.25) is 0 Å². The SMILES string of the molecule is CC1CC[N+]2(CCN(c3nsc4ccccc34)CC2)C1. The van der Waals surface area contributed by atoms with Crippen LogP contribution in [0.1, 0.15) is 13.3 Å². The van der Waals surface area contributed by atoms with E-state index in [9.17, 15) is 0 Å².